The zero-order valence-corrected chi connectivity index (χ0v) is 37.3. The number of nitrogens with zero attached hydrogens (tertiary/aromatic N) is 2. The molecule has 0 unspecified atom stereocenters. The zero-order valence-electron chi connectivity index (χ0n) is 37.3. The van der Waals surface area contributed by atoms with Crippen molar-refractivity contribution >= 4 is 41.8 Å². The van der Waals surface area contributed by atoms with E-state index in [1.165, 1.54) is 16.0 Å². The van der Waals surface area contributed by atoms with Gasteiger partial charge in [-0.05, 0) is 68.4 Å². The van der Waals surface area contributed by atoms with Crippen LogP contribution in [0.4, 0.5) is 0 Å². The van der Waals surface area contributed by atoms with E-state index < -0.39 is 113 Å². The Hall–Kier alpha value is -5.20. The molecule has 9 atom stereocenters. The van der Waals surface area contributed by atoms with Crippen LogP contribution < -0.4 is 5.32 Å². The number of esters is 4. The summed E-state index contributed by atoms with van der Waals surface area (Å²) in [6.45, 7) is 8.82. The number of carbonyl (C=O) groups is 6. The summed E-state index contributed by atoms with van der Waals surface area (Å²) in [6, 6.07) is 12.2. The second-order valence-corrected chi connectivity index (χ2v) is 20.1. The quantitative estimate of drug-likeness (QED) is 0.179. The fourth-order valence-electron chi connectivity index (χ4n) is 10.7. The Morgan fingerprint density at radius 2 is 1.74 bits per heavy atom. The highest BCUT2D eigenvalue weighted by Crippen LogP contribution is 2.59. The standard InChI is InChI=1S/C48H57N3O14/c1-45(2,3)62-35(54)18-16-31(25-52)49-41(55)32-14-9-19-50(32)44(58)48-23-33-36-37(64-47(63-36)21-29-12-6-7-13-30(29)22-47)39(48)65-51(38(48)42(56)60-33)24-28-11-8-10-27(20-28)15-17-34(53)61-40-43(57)59-26-46(40,4)5/h6-8,10-13,15,17,20,31-33,36-40,52H,9,14,16,18-19,21-26H2,1-5H3,(H,49,55)/t31-,32+,33+,36-,37-,38-,39+,40-,48-/m0/s1. The summed E-state index contributed by atoms with van der Waals surface area (Å²) in [6.07, 6.45) is 0.281. The highest BCUT2D eigenvalue weighted by atomic mass is 16.8. The van der Waals surface area contributed by atoms with Crippen molar-refractivity contribution in [2.75, 3.05) is 19.8 Å². The number of carbonyl (C=O) groups excluding carboxylic acids is 6. The molecule has 6 fully saturated rings. The molecule has 9 rings (SSSR count). The van der Waals surface area contributed by atoms with E-state index in [1.54, 1.807) is 58.9 Å². The van der Waals surface area contributed by atoms with E-state index >= 15 is 4.79 Å². The van der Waals surface area contributed by atoms with Crippen LogP contribution >= 0.6 is 0 Å². The first kappa shape index (κ1) is 45.0. The molecular formula is C48H57N3O14. The van der Waals surface area contributed by atoms with E-state index in [0.29, 0.717) is 36.8 Å². The number of amides is 2. The normalized spacial score (nSPS) is 31.0. The lowest BCUT2D eigenvalue weighted by Crippen LogP contribution is -2.70. The molecule has 2 aromatic rings. The average Bonchev–Trinajstić information content (AvgIpc) is 4.08. The molecule has 5 heterocycles. The Bertz CT molecular complexity index is 2260. The Morgan fingerprint density at radius 3 is 2.43 bits per heavy atom. The number of nitrogens with one attached hydrogen (secondary N) is 1. The molecule has 2 aromatic carbocycles. The van der Waals surface area contributed by atoms with Crippen LogP contribution in [0.2, 0.25) is 0 Å². The zero-order chi connectivity index (χ0) is 46.1. The summed E-state index contributed by atoms with van der Waals surface area (Å²) in [4.78, 5) is 89.9. The number of hydroxylamine groups is 2. The topological polar surface area (TPSA) is 206 Å². The molecule has 65 heavy (non-hydrogen) atoms. The van der Waals surface area contributed by atoms with Gasteiger partial charge in [0.15, 0.2) is 11.8 Å². The fourth-order valence-corrected chi connectivity index (χ4v) is 10.7. The van der Waals surface area contributed by atoms with E-state index in [-0.39, 0.29) is 39.0 Å². The third kappa shape index (κ3) is 8.45. The van der Waals surface area contributed by atoms with Crippen LogP contribution in [0.5, 0.6) is 0 Å². The molecule has 0 radical (unpaired) electrons. The number of cyclic esters (lactones) is 1. The van der Waals surface area contributed by atoms with Crippen LogP contribution in [0.25, 0.3) is 6.08 Å². The van der Waals surface area contributed by atoms with Crippen molar-refractivity contribution in [1.29, 1.82) is 0 Å². The molecule has 1 saturated carbocycles. The summed E-state index contributed by atoms with van der Waals surface area (Å²) < 4.78 is 35.8. The van der Waals surface area contributed by atoms with Gasteiger partial charge in [-0.15, -0.1) is 0 Å². The number of benzene rings is 2. The summed E-state index contributed by atoms with van der Waals surface area (Å²) in [5.74, 6) is -4.41. The molecule has 1 spiro atoms. The molecule has 2 N–H and O–H groups in total. The third-order valence-corrected chi connectivity index (χ3v) is 13.6. The van der Waals surface area contributed by atoms with Crippen molar-refractivity contribution in [1.82, 2.24) is 15.3 Å². The summed E-state index contributed by atoms with van der Waals surface area (Å²) in [5.41, 5.74) is 0.554. The van der Waals surface area contributed by atoms with E-state index in [0.717, 1.165) is 11.1 Å². The summed E-state index contributed by atoms with van der Waals surface area (Å²) >= 11 is 0. The van der Waals surface area contributed by atoms with Crippen LogP contribution in [-0.4, -0.2) is 131 Å². The highest BCUT2D eigenvalue weighted by Gasteiger charge is 2.77. The molecule has 0 aromatic heterocycles. The first-order chi connectivity index (χ1) is 30.9. The Balaban J connectivity index is 0.980. The largest absolute Gasteiger partial charge is 0.462 e. The van der Waals surface area contributed by atoms with Gasteiger partial charge in [0.25, 0.3) is 0 Å². The molecule has 2 aliphatic carbocycles. The van der Waals surface area contributed by atoms with Gasteiger partial charge < -0.3 is 43.7 Å². The van der Waals surface area contributed by atoms with Gasteiger partial charge in [-0.3, -0.25) is 24.0 Å². The maximum atomic E-state index is 15.6. The fraction of sp³-hybridized carbons (Fsp3) is 0.583. The van der Waals surface area contributed by atoms with E-state index in [9.17, 15) is 29.1 Å². The Morgan fingerprint density at radius 1 is 1.00 bits per heavy atom. The van der Waals surface area contributed by atoms with E-state index in [2.05, 4.69) is 5.32 Å². The average molecular weight is 900 g/mol. The lowest BCUT2D eigenvalue weighted by atomic mass is 9.62. The number of ether oxygens (including phenoxy) is 6. The number of rotatable bonds is 12. The van der Waals surface area contributed by atoms with Gasteiger partial charge in [0.2, 0.25) is 17.9 Å². The second-order valence-electron chi connectivity index (χ2n) is 20.1. The Kier molecular flexibility index (Phi) is 11.7. The number of aliphatic hydroxyl groups is 1. The number of hydrogen-bond donors (Lipinski definition) is 2. The van der Waals surface area contributed by atoms with Crippen molar-refractivity contribution in [2.45, 2.75) is 146 Å². The van der Waals surface area contributed by atoms with Crippen LogP contribution in [0.1, 0.15) is 89.0 Å². The van der Waals surface area contributed by atoms with Gasteiger partial charge in [0, 0.05) is 43.7 Å². The molecule has 17 heteroatoms. The van der Waals surface area contributed by atoms with Gasteiger partial charge in [-0.2, -0.15) is 5.06 Å². The van der Waals surface area contributed by atoms with E-state index in [4.69, 9.17) is 33.3 Å². The molecule has 348 valence electrons. The van der Waals surface area contributed by atoms with Crippen LogP contribution in [0, 0.1) is 10.8 Å². The number of hydrogen-bond acceptors (Lipinski definition) is 15. The maximum Gasteiger partial charge on any atom is 0.348 e. The number of fused-ring (bicyclic) bond motifs is 5. The van der Waals surface area contributed by atoms with Crippen molar-refractivity contribution in [3.05, 3.63) is 76.9 Å². The molecule has 7 aliphatic rings. The Labute approximate surface area is 376 Å². The van der Waals surface area contributed by atoms with Crippen LogP contribution in [0.3, 0.4) is 0 Å². The second kappa shape index (κ2) is 16.9. The minimum Gasteiger partial charge on any atom is -0.462 e. The summed E-state index contributed by atoms with van der Waals surface area (Å²) in [7, 11) is 0. The first-order valence-electron chi connectivity index (χ1n) is 22.5. The van der Waals surface area contributed by atoms with Crippen molar-refractivity contribution in [3.63, 3.8) is 0 Å². The SMILES string of the molecule is CC(C)(C)OC(=O)CC[C@@H](CO)NC(=O)[C@H]1CCCN1C(=O)[C@@]12C[C@H]3OC(=O)[C@@H]1N(Cc1cccc(C=CC(=O)O[C@H]4C(=O)OCC4(C)C)c1)O[C@@H]2[C@H]1OC2(Cc4ccccc4C2)O[C@H]13. The molecule has 2 amide bonds. The van der Waals surface area contributed by atoms with Gasteiger partial charge >= 0.3 is 23.9 Å². The predicted octanol–water partition coefficient (Wildman–Crippen LogP) is 2.86. The maximum absolute atomic E-state index is 15.6. The molecular weight excluding hydrogens is 843 g/mol. The van der Waals surface area contributed by atoms with Gasteiger partial charge in [-0.25, -0.2) is 9.59 Å². The highest BCUT2D eigenvalue weighted by molar-refractivity contribution is 5.97. The van der Waals surface area contributed by atoms with Gasteiger partial charge in [0.05, 0.1) is 19.2 Å². The van der Waals surface area contributed by atoms with Crippen LogP contribution in [-0.2, 0) is 81.4 Å². The monoisotopic (exact) mass is 899 g/mol. The van der Waals surface area contributed by atoms with Gasteiger partial charge in [0.1, 0.15) is 48.1 Å². The molecule has 2 bridgehead atoms. The minimum atomic E-state index is -1.55. The lowest BCUT2D eigenvalue weighted by molar-refractivity contribution is -0.218. The smallest absolute Gasteiger partial charge is 0.348 e. The minimum absolute atomic E-state index is 0.0266. The number of likely N-dealkylation sites (tertiary alicyclic amines) is 1. The molecule has 5 saturated heterocycles. The third-order valence-electron chi connectivity index (χ3n) is 13.6. The van der Waals surface area contributed by atoms with Crippen molar-refractivity contribution in [3.8, 4) is 0 Å². The van der Waals surface area contributed by atoms with Crippen LogP contribution in [0.15, 0.2) is 54.6 Å². The lowest BCUT2D eigenvalue weighted by Gasteiger charge is -2.50. The number of aliphatic hydroxyl groups excluding tert-OH is 1. The molecule has 17 nitrogen and oxygen atoms in total. The molecule has 5 aliphatic heterocycles. The van der Waals surface area contributed by atoms with Gasteiger partial charge in [-0.1, -0.05) is 62.4 Å². The van der Waals surface area contributed by atoms with E-state index in [1.807, 2.05) is 30.3 Å². The predicted molar refractivity (Wildman–Crippen MR) is 226 cm³/mol. The van der Waals surface area contributed by atoms with Crippen molar-refractivity contribution < 1.29 is 67.1 Å². The first-order valence-corrected chi connectivity index (χ1v) is 22.5. The summed E-state index contributed by atoms with van der Waals surface area (Å²) in [5, 5.41) is 14.5. The van der Waals surface area contributed by atoms with Crippen molar-refractivity contribution in [2.24, 2.45) is 10.8 Å².